The number of hydrogen-bond donors (Lipinski definition) is 3. The van der Waals surface area contributed by atoms with Crippen LogP contribution in [0.3, 0.4) is 0 Å². The number of rotatable bonds is 11. The third-order valence-corrected chi connectivity index (χ3v) is 8.76. The fourth-order valence-corrected chi connectivity index (χ4v) is 6.13. The van der Waals surface area contributed by atoms with E-state index in [4.69, 9.17) is 15.0 Å². The lowest BCUT2D eigenvalue weighted by Gasteiger charge is -2.34. The van der Waals surface area contributed by atoms with Crippen LogP contribution < -0.4 is 15.5 Å². The fraction of sp³-hybridized carbons (Fsp3) is 0.424. The van der Waals surface area contributed by atoms with Crippen molar-refractivity contribution in [3.05, 3.63) is 70.8 Å². The van der Waals surface area contributed by atoms with Crippen LogP contribution in [0, 0.1) is 18.3 Å². The highest BCUT2D eigenvalue weighted by atomic mass is 19.4. The number of pyridine rings is 2. The van der Waals surface area contributed by atoms with Crippen LogP contribution in [0.1, 0.15) is 59.9 Å². The average Bonchev–Trinajstić information content (AvgIpc) is 3.60. The van der Waals surface area contributed by atoms with Gasteiger partial charge in [0.2, 0.25) is 0 Å². The van der Waals surface area contributed by atoms with Gasteiger partial charge in [0.05, 0.1) is 17.7 Å². The lowest BCUT2D eigenvalue weighted by Crippen LogP contribution is -2.44. The highest BCUT2D eigenvalue weighted by Crippen LogP contribution is 2.44. The zero-order valence-corrected chi connectivity index (χ0v) is 26.3. The maximum atomic E-state index is 14.4. The first kappa shape index (κ1) is 32.4. The fourth-order valence-electron chi connectivity index (χ4n) is 6.13. The molecule has 1 aliphatic carbocycles. The number of aromatic nitrogens is 5. The molecule has 1 aromatic carbocycles. The second-order valence-corrected chi connectivity index (χ2v) is 12.0. The lowest BCUT2D eigenvalue weighted by molar-refractivity contribution is -0.138. The molecule has 11 nitrogen and oxygen atoms in total. The van der Waals surface area contributed by atoms with Crippen LogP contribution in [-0.2, 0) is 31.1 Å². The van der Waals surface area contributed by atoms with Crippen LogP contribution in [-0.4, -0.2) is 55.6 Å². The summed E-state index contributed by atoms with van der Waals surface area (Å²) < 4.78 is 50.4. The summed E-state index contributed by atoms with van der Waals surface area (Å²) in [5.41, 5.74) is 2.81. The Labute approximate surface area is 270 Å². The summed E-state index contributed by atoms with van der Waals surface area (Å²) in [5.74, 6) is 1.33. The Balaban J connectivity index is 1.38. The number of methoxy groups -OCH3 is 1. The van der Waals surface area contributed by atoms with Gasteiger partial charge in [-0.15, -0.1) is 10.2 Å². The van der Waals surface area contributed by atoms with Gasteiger partial charge < -0.3 is 29.9 Å². The molecule has 1 atom stereocenters. The van der Waals surface area contributed by atoms with E-state index in [1.807, 2.05) is 26.1 Å². The van der Waals surface area contributed by atoms with Crippen molar-refractivity contribution in [3.63, 3.8) is 0 Å². The normalized spacial score (nSPS) is 18.9. The van der Waals surface area contributed by atoms with Crippen molar-refractivity contribution < 1.29 is 23.0 Å². The van der Waals surface area contributed by atoms with Gasteiger partial charge in [-0.05, 0) is 78.8 Å². The molecular formula is C33H36F3N9O2. The highest BCUT2D eigenvalue weighted by Gasteiger charge is 2.41. The summed E-state index contributed by atoms with van der Waals surface area (Å²) in [6.45, 7) is 2.37. The Hall–Kier alpha value is -4.58. The standard InChI is InChI=1S/C33H36F3N9O2/c1-19-8-24(26(16-39-19)31-43-41-18-44(31)2)21-11-29(38-7-5-4-6-37)42-30(12-21)45-17-27-25(32(45)46)9-20(10-28(27)33(34,35)36)15-40-22-13-23(14-22)47-3/h8-12,16,18,22-23,32,40,46H,4-5,7,13-15,17H2,1-3H3,(H,38,42). The number of benzene rings is 1. The average molecular weight is 648 g/mol. The van der Waals surface area contributed by atoms with Crippen LogP contribution in [0.2, 0.25) is 0 Å². The van der Waals surface area contributed by atoms with Crippen molar-refractivity contribution in [1.29, 1.82) is 5.26 Å². The van der Waals surface area contributed by atoms with Crippen molar-refractivity contribution in [1.82, 2.24) is 30.0 Å². The summed E-state index contributed by atoms with van der Waals surface area (Å²) in [4.78, 5) is 10.7. The van der Waals surface area contributed by atoms with Crippen molar-refractivity contribution >= 4 is 11.6 Å². The summed E-state index contributed by atoms with van der Waals surface area (Å²) in [5, 5.41) is 35.4. The monoisotopic (exact) mass is 647 g/mol. The molecule has 1 unspecified atom stereocenters. The number of anilines is 2. The molecule has 0 amide bonds. The molecule has 1 saturated carbocycles. The number of ether oxygens (including phenoxy) is 1. The molecule has 0 bridgehead atoms. The summed E-state index contributed by atoms with van der Waals surface area (Å²) in [6.07, 6.45) is 0.00545. The molecule has 14 heteroatoms. The van der Waals surface area contributed by atoms with Crippen molar-refractivity contribution in [2.75, 3.05) is 23.9 Å². The summed E-state index contributed by atoms with van der Waals surface area (Å²) in [6, 6.07) is 10.6. The maximum absolute atomic E-state index is 14.4. The number of hydrogen-bond acceptors (Lipinski definition) is 10. The maximum Gasteiger partial charge on any atom is 0.416 e. The minimum atomic E-state index is -4.62. The zero-order chi connectivity index (χ0) is 33.3. The lowest BCUT2D eigenvalue weighted by atomic mass is 9.89. The first-order valence-electron chi connectivity index (χ1n) is 15.4. The van der Waals surface area contributed by atoms with Gasteiger partial charge in [-0.3, -0.25) is 4.98 Å². The molecule has 1 aliphatic heterocycles. The first-order chi connectivity index (χ1) is 22.5. The Bertz CT molecular complexity index is 1800. The molecule has 4 heterocycles. The molecule has 47 heavy (non-hydrogen) atoms. The number of aliphatic hydroxyl groups excluding tert-OH is 1. The third kappa shape index (κ3) is 6.78. The zero-order valence-electron chi connectivity index (χ0n) is 26.3. The van der Waals surface area contributed by atoms with E-state index in [2.05, 4.69) is 31.9 Å². The molecule has 1 fully saturated rings. The van der Waals surface area contributed by atoms with Crippen LogP contribution in [0.15, 0.2) is 42.9 Å². The van der Waals surface area contributed by atoms with Crippen LogP contribution in [0.4, 0.5) is 24.8 Å². The Kier molecular flexibility index (Phi) is 9.14. The third-order valence-electron chi connectivity index (χ3n) is 8.76. The Morgan fingerprint density at radius 1 is 1.15 bits per heavy atom. The predicted octanol–water partition coefficient (Wildman–Crippen LogP) is 5.26. The Morgan fingerprint density at radius 3 is 2.66 bits per heavy atom. The number of aliphatic hydroxyl groups is 1. The molecule has 0 radical (unpaired) electrons. The van der Waals surface area contributed by atoms with Gasteiger partial charge in [0, 0.05) is 69.3 Å². The van der Waals surface area contributed by atoms with Crippen molar-refractivity contribution in [2.45, 2.75) is 70.2 Å². The van der Waals surface area contributed by atoms with Gasteiger partial charge in [-0.1, -0.05) is 0 Å². The van der Waals surface area contributed by atoms with Gasteiger partial charge in [-0.25, -0.2) is 4.98 Å². The van der Waals surface area contributed by atoms with E-state index in [1.54, 1.807) is 36.3 Å². The minimum absolute atomic E-state index is 0.0205. The van der Waals surface area contributed by atoms with Crippen molar-refractivity contribution in [2.24, 2.45) is 7.05 Å². The van der Waals surface area contributed by atoms with Crippen molar-refractivity contribution in [3.8, 4) is 28.6 Å². The van der Waals surface area contributed by atoms with E-state index in [0.717, 1.165) is 24.1 Å². The quantitative estimate of drug-likeness (QED) is 0.185. The van der Waals surface area contributed by atoms with E-state index < -0.39 is 18.0 Å². The first-order valence-corrected chi connectivity index (χ1v) is 15.4. The number of fused-ring (bicyclic) bond motifs is 1. The summed E-state index contributed by atoms with van der Waals surface area (Å²) >= 11 is 0. The molecule has 0 saturated heterocycles. The van der Waals surface area contributed by atoms with E-state index in [0.29, 0.717) is 53.5 Å². The van der Waals surface area contributed by atoms with Gasteiger partial charge >= 0.3 is 6.18 Å². The second-order valence-electron chi connectivity index (χ2n) is 12.0. The number of halogens is 3. The number of nitrogens with zero attached hydrogens (tertiary/aromatic N) is 7. The van der Waals surface area contributed by atoms with E-state index in [9.17, 15) is 18.3 Å². The van der Waals surface area contributed by atoms with Gasteiger partial charge in [0.1, 0.15) is 18.0 Å². The number of nitriles is 1. The molecule has 3 aromatic heterocycles. The van der Waals surface area contributed by atoms with Crippen LogP contribution in [0.5, 0.6) is 0 Å². The number of aryl methyl sites for hydroxylation is 2. The molecule has 4 aromatic rings. The van der Waals surface area contributed by atoms with Crippen LogP contribution >= 0.6 is 0 Å². The van der Waals surface area contributed by atoms with Gasteiger partial charge in [0.15, 0.2) is 12.1 Å². The minimum Gasteiger partial charge on any atom is -0.381 e. The molecular weight excluding hydrogens is 611 g/mol. The number of alkyl halides is 3. The number of unbranched alkanes of at least 4 members (excludes halogenated alkanes) is 1. The number of nitrogens with one attached hydrogen (secondary N) is 2. The van der Waals surface area contributed by atoms with Gasteiger partial charge in [0.25, 0.3) is 0 Å². The van der Waals surface area contributed by atoms with E-state index in [-0.39, 0.29) is 36.4 Å². The largest absolute Gasteiger partial charge is 0.416 e. The summed E-state index contributed by atoms with van der Waals surface area (Å²) in [7, 11) is 3.47. The molecule has 6 rings (SSSR count). The van der Waals surface area contributed by atoms with Gasteiger partial charge in [-0.2, -0.15) is 18.4 Å². The highest BCUT2D eigenvalue weighted by molar-refractivity contribution is 5.83. The van der Waals surface area contributed by atoms with E-state index >= 15 is 0 Å². The second kappa shape index (κ2) is 13.3. The van der Waals surface area contributed by atoms with E-state index in [1.165, 1.54) is 11.0 Å². The molecule has 3 N–H and O–H groups in total. The molecule has 0 spiro atoms. The Morgan fingerprint density at radius 2 is 1.96 bits per heavy atom. The topological polar surface area (TPSA) is 137 Å². The smallest absolute Gasteiger partial charge is 0.381 e. The predicted molar refractivity (Wildman–Crippen MR) is 169 cm³/mol. The SMILES string of the molecule is COC1CC(NCc2cc3c(c(C(F)(F)F)c2)CN(c2cc(-c4cc(C)ncc4-c4nncn4C)cc(NCCCC#N)n2)C3O)C1. The molecule has 246 valence electrons. The molecule has 2 aliphatic rings. The van der Waals surface area contributed by atoms with Crippen LogP contribution in [0.25, 0.3) is 22.5 Å².